The minimum absolute atomic E-state index is 0.299. The van der Waals surface area contributed by atoms with Crippen molar-refractivity contribution in [3.63, 3.8) is 0 Å². The highest BCUT2D eigenvalue weighted by Gasteiger charge is 2.10. The number of rotatable bonds is 7. The lowest BCUT2D eigenvalue weighted by molar-refractivity contribution is 0.444. The monoisotopic (exact) mass is 292 g/mol. The van der Waals surface area contributed by atoms with E-state index >= 15 is 0 Å². The van der Waals surface area contributed by atoms with Crippen LogP contribution < -0.4 is 10.1 Å². The van der Waals surface area contributed by atoms with Crippen molar-refractivity contribution in [1.82, 2.24) is 20.1 Å². The number of nitrogens with zero attached hydrogens (tertiary/aromatic N) is 3. The van der Waals surface area contributed by atoms with E-state index in [4.69, 9.17) is 4.74 Å². The molecule has 0 atom stereocenters. The van der Waals surface area contributed by atoms with Crippen molar-refractivity contribution >= 4 is 0 Å². The first-order chi connectivity index (χ1) is 10.1. The van der Waals surface area contributed by atoms with Crippen LogP contribution in [0.25, 0.3) is 0 Å². The molecule has 0 unspecified atom stereocenters. The fraction of sp³-hybridized carbons (Fsp3) is 0.467. The predicted molar refractivity (Wildman–Crippen MR) is 78.8 cm³/mol. The standard InChI is InChI=1S/C15H21FN4O/c1-4-5-20-10-14(9-19-20)21-15-12(7-17-11(2)3)6-13(16)8-18-15/h6,8-11,17H,4-5,7H2,1-3H3. The Hall–Kier alpha value is -1.95. The molecule has 2 heterocycles. The van der Waals surface area contributed by atoms with E-state index in [1.807, 2.05) is 24.7 Å². The highest BCUT2D eigenvalue weighted by molar-refractivity contribution is 5.30. The van der Waals surface area contributed by atoms with Gasteiger partial charge >= 0.3 is 0 Å². The molecule has 0 spiro atoms. The Kier molecular flexibility index (Phi) is 5.27. The minimum Gasteiger partial charge on any atom is -0.435 e. The summed E-state index contributed by atoms with van der Waals surface area (Å²) in [4.78, 5) is 4.03. The van der Waals surface area contributed by atoms with Crippen LogP contribution in [0.3, 0.4) is 0 Å². The minimum atomic E-state index is -0.371. The van der Waals surface area contributed by atoms with E-state index in [1.165, 1.54) is 6.07 Å². The van der Waals surface area contributed by atoms with Gasteiger partial charge in [-0.15, -0.1) is 0 Å². The molecule has 6 heteroatoms. The molecule has 0 aromatic carbocycles. The molecule has 0 radical (unpaired) electrons. The van der Waals surface area contributed by atoms with Gasteiger partial charge in [0.2, 0.25) is 5.88 Å². The van der Waals surface area contributed by atoms with Gasteiger partial charge in [0.1, 0.15) is 5.82 Å². The average molecular weight is 292 g/mol. The van der Waals surface area contributed by atoms with Crippen LogP contribution in [0.4, 0.5) is 4.39 Å². The van der Waals surface area contributed by atoms with Crippen molar-refractivity contribution in [2.24, 2.45) is 0 Å². The van der Waals surface area contributed by atoms with E-state index in [2.05, 4.69) is 22.3 Å². The van der Waals surface area contributed by atoms with Crippen molar-refractivity contribution in [2.45, 2.75) is 46.3 Å². The molecule has 0 bridgehead atoms. The second kappa shape index (κ2) is 7.17. The molecule has 0 aliphatic rings. The Morgan fingerprint density at radius 2 is 2.19 bits per heavy atom. The zero-order valence-corrected chi connectivity index (χ0v) is 12.6. The molecule has 0 fully saturated rings. The molecule has 2 aromatic rings. The molecular formula is C15H21FN4O. The topological polar surface area (TPSA) is 52.0 Å². The number of aryl methyl sites for hydroxylation is 1. The van der Waals surface area contributed by atoms with Crippen LogP contribution in [-0.4, -0.2) is 20.8 Å². The van der Waals surface area contributed by atoms with Gasteiger partial charge in [0, 0.05) is 24.7 Å². The van der Waals surface area contributed by atoms with Crippen LogP contribution in [-0.2, 0) is 13.1 Å². The van der Waals surface area contributed by atoms with Gasteiger partial charge in [-0.2, -0.15) is 5.10 Å². The van der Waals surface area contributed by atoms with Gasteiger partial charge < -0.3 is 10.1 Å². The molecule has 1 N–H and O–H groups in total. The van der Waals surface area contributed by atoms with Crippen molar-refractivity contribution in [3.05, 3.63) is 36.0 Å². The fourth-order valence-electron chi connectivity index (χ4n) is 1.86. The van der Waals surface area contributed by atoms with Crippen LogP contribution in [0.15, 0.2) is 24.7 Å². The van der Waals surface area contributed by atoms with Gasteiger partial charge in [-0.25, -0.2) is 9.37 Å². The Morgan fingerprint density at radius 3 is 2.90 bits per heavy atom. The summed E-state index contributed by atoms with van der Waals surface area (Å²) < 4.78 is 20.9. The van der Waals surface area contributed by atoms with Crippen LogP contribution in [0.2, 0.25) is 0 Å². The van der Waals surface area contributed by atoms with Gasteiger partial charge in [0.05, 0.1) is 18.6 Å². The van der Waals surface area contributed by atoms with E-state index in [0.29, 0.717) is 29.8 Å². The number of pyridine rings is 1. The van der Waals surface area contributed by atoms with Crippen molar-refractivity contribution < 1.29 is 9.13 Å². The predicted octanol–water partition coefficient (Wildman–Crippen LogP) is 3.12. The van der Waals surface area contributed by atoms with Gasteiger partial charge in [0.15, 0.2) is 5.75 Å². The van der Waals surface area contributed by atoms with Crippen molar-refractivity contribution in [2.75, 3.05) is 0 Å². The summed E-state index contributed by atoms with van der Waals surface area (Å²) >= 11 is 0. The normalized spacial score (nSPS) is 11.1. The van der Waals surface area contributed by atoms with Crippen LogP contribution in [0.5, 0.6) is 11.6 Å². The highest BCUT2D eigenvalue weighted by Crippen LogP contribution is 2.23. The quantitative estimate of drug-likeness (QED) is 0.852. The zero-order chi connectivity index (χ0) is 15.2. The molecule has 2 aromatic heterocycles. The van der Waals surface area contributed by atoms with E-state index in [-0.39, 0.29) is 5.82 Å². The fourth-order valence-corrected chi connectivity index (χ4v) is 1.86. The highest BCUT2D eigenvalue weighted by atomic mass is 19.1. The summed E-state index contributed by atoms with van der Waals surface area (Å²) in [5, 5.41) is 7.43. The van der Waals surface area contributed by atoms with Crippen molar-refractivity contribution in [1.29, 1.82) is 0 Å². The maximum atomic E-state index is 13.4. The lowest BCUT2D eigenvalue weighted by Crippen LogP contribution is -2.22. The Balaban J connectivity index is 2.13. The number of halogens is 1. The van der Waals surface area contributed by atoms with Gasteiger partial charge in [0.25, 0.3) is 0 Å². The zero-order valence-electron chi connectivity index (χ0n) is 12.6. The molecule has 2 rings (SSSR count). The summed E-state index contributed by atoms with van der Waals surface area (Å²) in [7, 11) is 0. The molecule has 0 saturated carbocycles. The average Bonchev–Trinajstić information content (AvgIpc) is 2.87. The van der Waals surface area contributed by atoms with Gasteiger partial charge in [-0.1, -0.05) is 20.8 Å². The third kappa shape index (κ3) is 4.53. The number of hydrogen-bond donors (Lipinski definition) is 1. The van der Waals surface area contributed by atoms with Gasteiger partial charge in [-0.3, -0.25) is 4.68 Å². The van der Waals surface area contributed by atoms with Crippen LogP contribution >= 0.6 is 0 Å². The Bertz CT molecular complexity index is 583. The molecule has 21 heavy (non-hydrogen) atoms. The van der Waals surface area contributed by atoms with E-state index < -0.39 is 0 Å². The van der Waals surface area contributed by atoms with Crippen molar-refractivity contribution in [3.8, 4) is 11.6 Å². The number of hydrogen-bond acceptors (Lipinski definition) is 4. The molecule has 0 amide bonds. The summed E-state index contributed by atoms with van der Waals surface area (Å²) in [5.74, 6) is 0.638. The van der Waals surface area contributed by atoms with Crippen LogP contribution in [0, 0.1) is 5.82 Å². The lowest BCUT2D eigenvalue weighted by Gasteiger charge is -2.11. The largest absolute Gasteiger partial charge is 0.435 e. The molecule has 5 nitrogen and oxygen atoms in total. The number of ether oxygens (including phenoxy) is 1. The molecule has 0 aliphatic carbocycles. The molecular weight excluding hydrogens is 271 g/mol. The summed E-state index contributed by atoms with van der Waals surface area (Å²) in [6, 6.07) is 1.74. The summed E-state index contributed by atoms with van der Waals surface area (Å²) in [6.45, 7) is 7.48. The first-order valence-electron chi connectivity index (χ1n) is 7.16. The smallest absolute Gasteiger partial charge is 0.224 e. The Morgan fingerprint density at radius 1 is 1.38 bits per heavy atom. The lowest BCUT2D eigenvalue weighted by atomic mass is 10.2. The van der Waals surface area contributed by atoms with E-state index in [1.54, 1.807) is 6.20 Å². The van der Waals surface area contributed by atoms with Gasteiger partial charge in [-0.05, 0) is 12.5 Å². The third-order valence-corrected chi connectivity index (χ3v) is 2.87. The second-order valence-electron chi connectivity index (χ2n) is 5.19. The second-order valence-corrected chi connectivity index (χ2v) is 5.19. The Labute approximate surface area is 124 Å². The van der Waals surface area contributed by atoms with E-state index in [9.17, 15) is 4.39 Å². The maximum Gasteiger partial charge on any atom is 0.224 e. The molecule has 0 saturated heterocycles. The molecule has 114 valence electrons. The number of aromatic nitrogens is 3. The first kappa shape index (κ1) is 15.4. The maximum absolute atomic E-state index is 13.4. The summed E-state index contributed by atoms with van der Waals surface area (Å²) in [6.07, 6.45) is 5.61. The van der Waals surface area contributed by atoms with Crippen LogP contribution in [0.1, 0.15) is 32.8 Å². The number of nitrogens with one attached hydrogen (secondary N) is 1. The first-order valence-corrected chi connectivity index (χ1v) is 7.16. The molecule has 0 aliphatic heterocycles. The summed E-state index contributed by atoms with van der Waals surface area (Å²) in [5.41, 5.74) is 0.687. The third-order valence-electron chi connectivity index (χ3n) is 2.87. The van der Waals surface area contributed by atoms with E-state index in [0.717, 1.165) is 19.2 Å². The SMILES string of the molecule is CCCn1cc(Oc2ncc(F)cc2CNC(C)C)cn1.